The molecule has 0 fully saturated rings. The van der Waals surface area contributed by atoms with Crippen LogP contribution in [0.1, 0.15) is 11.1 Å². The molecular formula is C10H7N5O3. The van der Waals surface area contributed by atoms with Crippen LogP contribution in [-0.2, 0) is 0 Å². The Morgan fingerprint density at radius 3 is 2.94 bits per heavy atom. The molecule has 0 atom stereocenters. The Labute approximate surface area is 101 Å². The van der Waals surface area contributed by atoms with Crippen molar-refractivity contribution in [1.82, 2.24) is 0 Å². The van der Waals surface area contributed by atoms with Crippen LogP contribution in [0, 0.1) is 21.4 Å². The van der Waals surface area contributed by atoms with Crippen LogP contribution in [0.3, 0.4) is 0 Å². The predicted octanol–water partition coefficient (Wildman–Crippen LogP) is 2.50. The van der Waals surface area contributed by atoms with E-state index in [0.717, 1.165) is 6.07 Å². The lowest BCUT2D eigenvalue weighted by Gasteiger charge is -2.01. The van der Waals surface area contributed by atoms with Crippen LogP contribution in [-0.4, -0.2) is 16.6 Å². The van der Waals surface area contributed by atoms with E-state index in [1.165, 1.54) is 18.2 Å². The number of nitrogens with zero attached hydrogens (tertiary/aromatic N) is 5. The number of hydrogen-bond acceptors (Lipinski definition) is 5. The van der Waals surface area contributed by atoms with Crippen molar-refractivity contribution >= 4 is 11.8 Å². The van der Waals surface area contributed by atoms with Gasteiger partial charge in [-0.25, -0.2) is 0 Å². The molecule has 8 nitrogen and oxygen atoms in total. The summed E-state index contributed by atoms with van der Waals surface area (Å²) in [5.74, 6) is -0.531. The van der Waals surface area contributed by atoms with Gasteiger partial charge in [-0.2, -0.15) is 5.26 Å². The molecule has 0 aliphatic rings. The summed E-state index contributed by atoms with van der Waals surface area (Å²) in [5.41, 5.74) is 7.69. The Morgan fingerprint density at radius 1 is 1.67 bits per heavy atom. The van der Waals surface area contributed by atoms with Crippen molar-refractivity contribution < 1.29 is 10.0 Å². The quantitative estimate of drug-likeness (QED) is 0.286. The summed E-state index contributed by atoms with van der Waals surface area (Å²) < 4.78 is 0. The van der Waals surface area contributed by atoms with Crippen LogP contribution in [0.2, 0.25) is 0 Å². The largest absolute Gasteiger partial charge is 0.502 e. The van der Waals surface area contributed by atoms with Gasteiger partial charge in [0.1, 0.15) is 0 Å². The average molecular weight is 245 g/mol. The zero-order valence-corrected chi connectivity index (χ0v) is 9.02. The van der Waals surface area contributed by atoms with Gasteiger partial charge in [-0.1, -0.05) is 17.3 Å². The Morgan fingerprint density at radius 2 is 2.39 bits per heavy atom. The maximum absolute atomic E-state index is 10.7. The molecule has 0 saturated heterocycles. The molecule has 0 heterocycles. The summed E-state index contributed by atoms with van der Waals surface area (Å²) in [4.78, 5) is 12.4. The van der Waals surface area contributed by atoms with E-state index in [1.807, 2.05) is 0 Å². The van der Waals surface area contributed by atoms with Crippen molar-refractivity contribution in [3.8, 4) is 11.8 Å². The molecule has 0 aromatic heterocycles. The Kier molecular flexibility index (Phi) is 4.26. The fourth-order valence-corrected chi connectivity index (χ4v) is 1.24. The number of aromatic hydroxyl groups is 1. The standard InChI is InChI=1S/C10H7N5O3/c11-6-7-4-8(2-1-3-13-14-12)10(16)9(5-7)15(17)18/h1-2,4-5,16H,3H2. The van der Waals surface area contributed by atoms with Crippen molar-refractivity contribution in [3.63, 3.8) is 0 Å². The van der Waals surface area contributed by atoms with Crippen molar-refractivity contribution in [2.24, 2.45) is 5.11 Å². The molecule has 1 rings (SSSR count). The smallest absolute Gasteiger partial charge is 0.312 e. The molecule has 18 heavy (non-hydrogen) atoms. The van der Waals surface area contributed by atoms with E-state index >= 15 is 0 Å². The van der Waals surface area contributed by atoms with Gasteiger partial charge in [0.2, 0.25) is 5.75 Å². The number of nitro groups is 1. The minimum absolute atomic E-state index is 0.0422. The van der Waals surface area contributed by atoms with Crippen molar-refractivity contribution in [2.75, 3.05) is 6.54 Å². The second-order valence-corrected chi connectivity index (χ2v) is 3.12. The van der Waals surface area contributed by atoms with Gasteiger partial charge in [0.25, 0.3) is 0 Å². The monoisotopic (exact) mass is 245 g/mol. The highest BCUT2D eigenvalue weighted by molar-refractivity contribution is 5.67. The summed E-state index contributed by atoms with van der Waals surface area (Å²) in [6.45, 7) is 0.0422. The molecule has 0 amide bonds. The molecule has 0 saturated carbocycles. The predicted molar refractivity (Wildman–Crippen MR) is 62.5 cm³/mol. The first-order valence-electron chi connectivity index (χ1n) is 4.69. The topological polar surface area (TPSA) is 136 Å². The number of azide groups is 1. The van der Waals surface area contributed by atoms with E-state index in [0.29, 0.717) is 0 Å². The molecule has 0 aliphatic heterocycles. The molecule has 0 spiro atoms. The van der Waals surface area contributed by atoms with Crippen LogP contribution in [0.4, 0.5) is 5.69 Å². The minimum atomic E-state index is -0.777. The van der Waals surface area contributed by atoms with Gasteiger partial charge >= 0.3 is 5.69 Å². The molecule has 0 aliphatic carbocycles. The Bertz CT molecular complexity index is 596. The van der Waals surface area contributed by atoms with E-state index in [1.54, 1.807) is 6.07 Å². The minimum Gasteiger partial charge on any atom is -0.502 e. The number of phenolic OH excluding ortho intramolecular Hbond substituents is 1. The normalized spacial score (nSPS) is 9.72. The number of benzene rings is 1. The fourth-order valence-electron chi connectivity index (χ4n) is 1.24. The first-order chi connectivity index (χ1) is 8.60. The molecular weight excluding hydrogens is 238 g/mol. The highest BCUT2D eigenvalue weighted by atomic mass is 16.6. The lowest BCUT2D eigenvalue weighted by molar-refractivity contribution is -0.385. The van der Waals surface area contributed by atoms with Gasteiger partial charge in [0.05, 0.1) is 16.6 Å². The third-order valence-corrected chi connectivity index (χ3v) is 1.99. The summed E-state index contributed by atoms with van der Waals surface area (Å²) in [6, 6.07) is 4.05. The molecule has 1 aromatic rings. The van der Waals surface area contributed by atoms with Gasteiger partial charge in [-0.15, -0.1) is 0 Å². The molecule has 0 unspecified atom stereocenters. The lowest BCUT2D eigenvalue weighted by Crippen LogP contribution is -1.92. The van der Waals surface area contributed by atoms with Crippen molar-refractivity contribution in [2.45, 2.75) is 0 Å². The molecule has 8 heteroatoms. The van der Waals surface area contributed by atoms with Gasteiger partial charge in [0.15, 0.2) is 0 Å². The van der Waals surface area contributed by atoms with Crippen LogP contribution in [0.25, 0.3) is 16.5 Å². The van der Waals surface area contributed by atoms with Gasteiger partial charge in [-0.05, 0) is 11.6 Å². The highest BCUT2D eigenvalue weighted by Crippen LogP contribution is 2.31. The zero-order valence-electron chi connectivity index (χ0n) is 9.02. The molecule has 0 radical (unpaired) electrons. The Balaban J connectivity index is 3.22. The maximum Gasteiger partial charge on any atom is 0.312 e. The first-order valence-corrected chi connectivity index (χ1v) is 4.69. The number of rotatable bonds is 4. The fraction of sp³-hybridized carbons (Fsp3) is 0.100. The first kappa shape index (κ1) is 13.0. The number of phenols is 1. The lowest BCUT2D eigenvalue weighted by atomic mass is 10.1. The second-order valence-electron chi connectivity index (χ2n) is 3.12. The number of nitriles is 1. The van der Waals surface area contributed by atoms with Crippen LogP contribution in [0.15, 0.2) is 23.3 Å². The van der Waals surface area contributed by atoms with Crippen molar-refractivity contribution in [3.05, 3.63) is 49.9 Å². The van der Waals surface area contributed by atoms with Gasteiger partial charge in [-0.3, -0.25) is 10.1 Å². The molecule has 1 N–H and O–H groups in total. The summed E-state index contributed by atoms with van der Waals surface area (Å²) in [6.07, 6.45) is 2.76. The van der Waals surface area contributed by atoms with E-state index in [9.17, 15) is 15.2 Å². The van der Waals surface area contributed by atoms with Crippen LogP contribution in [0.5, 0.6) is 5.75 Å². The molecule has 90 valence electrons. The second kappa shape index (κ2) is 5.89. The van der Waals surface area contributed by atoms with Crippen LogP contribution >= 0.6 is 0 Å². The number of nitro benzene ring substituents is 1. The van der Waals surface area contributed by atoms with E-state index in [4.69, 9.17) is 10.8 Å². The van der Waals surface area contributed by atoms with Gasteiger partial charge < -0.3 is 5.11 Å². The van der Waals surface area contributed by atoms with E-state index in [2.05, 4.69) is 10.0 Å². The third kappa shape index (κ3) is 2.98. The van der Waals surface area contributed by atoms with E-state index < -0.39 is 16.4 Å². The third-order valence-electron chi connectivity index (χ3n) is 1.99. The SMILES string of the molecule is N#Cc1cc(C=CCN=[N+]=[N-])c(O)c([N+](=O)[O-])c1. The summed E-state index contributed by atoms with van der Waals surface area (Å²) >= 11 is 0. The zero-order chi connectivity index (χ0) is 13.5. The summed E-state index contributed by atoms with van der Waals surface area (Å²) in [5, 5.41) is 32.2. The number of hydrogen-bond donors (Lipinski definition) is 1. The molecule has 1 aromatic carbocycles. The molecule has 0 bridgehead atoms. The summed E-state index contributed by atoms with van der Waals surface area (Å²) in [7, 11) is 0. The van der Waals surface area contributed by atoms with Crippen LogP contribution < -0.4 is 0 Å². The maximum atomic E-state index is 10.7. The van der Waals surface area contributed by atoms with Gasteiger partial charge in [0, 0.05) is 23.1 Å². The highest BCUT2D eigenvalue weighted by Gasteiger charge is 2.17. The Hall–Kier alpha value is -3.04. The average Bonchev–Trinajstić information content (AvgIpc) is 2.36. The van der Waals surface area contributed by atoms with E-state index in [-0.39, 0.29) is 17.7 Å². The van der Waals surface area contributed by atoms with Crippen molar-refractivity contribution in [1.29, 1.82) is 5.26 Å².